The lowest BCUT2D eigenvalue weighted by Crippen LogP contribution is -2.39. The lowest BCUT2D eigenvalue weighted by atomic mass is 10.4. The van der Waals surface area contributed by atoms with Crippen LogP contribution in [0.5, 0.6) is 0 Å². The van der Waals surface area contributed by atoms with Crippen LogP contribution < -0.4 is 16.4 Å². The minimum absolute atomic E-state index is 0.0931. The molecule has 0 spiro atoms. The van der Waals surface area contributed by atoms with E-state index in [2.05, 4.69) is 10.6 Å². The molecular weight excluding hydrogens is 190 g/mol. The van der Waals surface area contributed by atoms with Crippen molar-refractivity contribution in [3.8, 4) is 0 Å². The first-order valence-electron chi connectivity index (χ1n) is 5.16. The zero-order chi connectivity index (χ0) is 10.9. The van der Waals surface area contributed by atoms with Gasteiger partial charge in [0.05, 0.1) is 0 Å². The highest BCUT2D eigenvalue weighted by molar-refractivity contribution is 5.76. The molecule has 2 aliphatic rings. The standard InChI is InChI=1S/C6H9N3.C4H10N2/c7-6(8)9-4-2-1-3-5-9;1-2-6-4-3-5-1/h1-4H,5H2,(H3,7,8);5-6H,1-4H2. The number of allylic oxidation sites excluding steroid dienone is 2. The second kappa shape index (κ2) is 7.03. The van der Waals surface area contributed by atoms with E-state index < -0.39 is 0 Å². The predicted molar refractivity (Wildman–Crippen MR) is 62.6 cm³/mol. The van der Waals surface area contributed by atoms with Gasteiger partial charge in [-0.2, -0.15) is 0 Å². The number of nitrogens with one attached hydrogen (secondary N) is 3. The van der Waals surface area contributed by atoms with Crippen LogP contribution in [0, 0.1) is 5.41 Å². The largest absolute Gasteiger partial charge is 0.370 e. The van der Waals surface area contributed by atoms with Crippen molar-refractivity contribution in [2.45, 2.75) is 0 Å². The molecule has 5 nitrogen and oxygen atoms in total. The molecule has 0 amide bonds. The van der Waals surface area contributed by atoms with Gasteiger partial charge >= 0.3 is 0 Å². The van der Waals surface area contributed by atoms with Crippen molar-refractivity contribution in [3.63, 3.8) is 0 Å². The summed E-state index contributed by atoms with van der Waals surface area (Å²) in [4.78, 5) is 1.65. The molecule has 2 heterocycles. The quantitative estimate of drug-likeness (QED) is 0.319. The van der Waals surface area contributed by atoms with Crippen molar-refractivity contribution in [2.75, 3.05) is 32.7 Å². The zero-order valence-electron chi connectivity index (χ0n) is 8.87. The first kappa shape index (κ1) is 11.7. The van der Waals surface area contributed by atoms with E-state index in [1.54, 1.807) is 11.1 Å². The predicted octanol–water partition coefficient (Wildman–Crippen LogP) is -0.555. The zero-order valence-corrected chi connectivity index (χ0v) is 8.87. The fourth-order valence-electron chi connectivity index (χ4n) is 1.25. The third-order valence-electron chi connectivity index (χ3n) is 2.08. The Hall–Kier alpha value is -1.33. The van der Waals surface area contributed by atoms with E-state index in [1.165, 1.54) is 0 Å². The maximum absolute atomic E-state index is 7.01. The number of nitrogens with zero attached hydrogens (tertiary/aromatic N) is 1. The Morgan fingerprint density at radius 2 is 1.73 bits per heavy atom. The summed E-state index contributed by atoms with van der Waals surface area (Å²) in [6.45, 7) is 5.27. The van der Waals surface area contributed by atoms with Crippen molar-refractivity contribution >= 4 is 5.96 Å². The highest BCUT2D eigenvalue weighted by Crippen LogP contribution is 1.95. The summed E-state index contributed by atoms with van der Waals surface area (Å²) in [6.07, 6.45) is 7.51. The number of piperazine rings is 1. The Morgan fingerprint density at radius 3 is 2.00 bits per heavy atom. The monoisotopic (exact) mass is 209 g/mol. The van der Waals surface area contributed by atoms with Crippen LogP contribution in [0.4, 0.5) is 0 Å². The van der Waals surface area contributed by atoms with Gasteiger partial charge in [0.15, 0.2) is 5.96 Å². The molecular formula is C10H19N5. The van der Waals surface area contributed by atoms with E-state index in [-0.39, 0.29) is 5.96 Å². The normalized spacial score (nSPS) is 19.3. The molecule has 15 heavy (non-hydrogen) atoms. The first-order chi connectivity index (χ1) is 7.30. The molecule has 84 valence electrons. The van der Waals surface area contributed by atoms with Gasteiger partial charge in [-0.05, 0) is 6.08 Å². The lowest BCUT2D eigenvalue weighted by Gasteiger charge is -2.16. The fraction of sp³-hybridized carbons (Fsp3) is 0.500. The average molecular weight is 209 g/mol. The van der Waals surface area contributed by atoms with Crippen LogP contribution in [-0.4, -0.2) is 43.6 Å². The van der Waals surface area contributed by atoms with Crippen LogP contribution in [0.1, 0.15) is 0 Å². The summed E-state index contributed by atoms with van der Waals surface area (Å²) in [6, 6.07) is 0. The molecule has 0 bridgehead atoms. The highest BCUT2D eigenvalue weighted by atomic mass is 15.2. The molecule has 5 N–H and O–H groups in total. The number of guanidine groups is 1. The number of rotatable bonds is 0. The molecule has 0 aromatic heterocycles. The third kappa shape index (κ3) is 5.19. The van der Waals surface area contributed by atoms with Crippen LogP contribution >= 0.6 is 0 Å². The molecule has 0 unspecified atom stereocenters. The van der Waals surface area contributed by atoms with Gasteiger partial charge in [-0.15, -0.1) is 0 Å². The fourth-order valence-corrected chi connectivity index (χ4v) is 1.25. The van der Waals surface area contributed by atoms with Crippen LogP contribution in [-0.2, 0) is 0 Å². The summed E-state index contributed by atoms with van der Waals surface area (Å²) in [5.41, 5.74) is 5.19. The Morgan fingerprint density at radius 1 is 1.13 bits per heavy atom. The van der Waals surface area contributed by atoms with Gasteiger partial charge in [0.2, 0.25) is 0 Å². The van der Waals surface area contributed by atoms with E-state index in [1.807, 2.05) is 18.2 Å². The molecule has 0 aromatic rings. The summed E-state index contributed by atoms with van der Waals surface area (Å²) in [7, 11) is 0. The van der Waals surface area contributed by atoms with Crippen LogP contribution in [0.15, 0.2) is 24.4 Å². The van der Waals surface area contributed by atoms with Gasteiger partial charge in [0, 0.05) is 38.9 Å². The van der Waals surface area contributed by atoms with Crippen molar-refractivity contribution < 1.29 is 0 Å². The Bertz CT molecular complexity index is 231. The van der Waals surface area contributed by atoms with Gasteiger partial charge < -0.3 is 21.3 Å². The molecule has 0 aliphatic carbocycles. The SMILES string of the molecule is C1CNCCN1.N=C(N)N1C=CC=CC1. The molecule has 0 aromatic carbocycles. The third-order valence-corrected chi connectivity index (χ3v) is 2.08. The van der Waals surface area contributed by atoms with E-state index >= 15 is 0 Å². The van der Waals surface area contributed by atoms with Crippen molar-refractivity contribution in [2.24, 2.45) is 5.73 Å². The van der Waals surface area contributed by atoms with Crippen LogP contribution in [0.3, 0.4) is 0 Å². The molecule has 1 saturated heterocycles. The smallest absolute Gasteiger partial charge is 0.192 e. The van der Waals surface area contributed by atoms with Gasteiger partial charge in [0.25, 0.3) is 0 Å². The average Bonchev–Trinajstić information content (AvgIpc) is 2.33. The van der Waals surface area contributed by atoms with Gasteiger partial charge in [-0.3, -0.25) is 5.41 Å². The van der Waals surface area contributed by atoms with Crippen molar-refractivity contribution in [1.29, 1.82) is 5.41 Å². The van der Waals surface area contributed by atoms with E-state index in [0.29, 0.717) is 6.54 Å². The second-order valence-corrected chi connectivity index (χ2v) is 3.31. The molecule has 0 saturated carbocycles. The summed E-state index contributed by atoms with van der Waals surface area (Å²) in [5.74, 6) is 0.0931. The Balaban J connectivity index is 0.000000162. The Kier molecular flexibility index (Phi) is 5.50. The first-order valence-corrected chi connectivity index (χ1v) is 5.16. The lowest BCUT2D eigenvalue weighted by molar-refractivity contribution is 0.534. The maximum Gasteiger partial charge on any atom is 0.192 e. The van der Waals surface area contributed by atoms with Gasteiger partial charge in [-0.1, -0.05) is 12.2 Å². The molecule has 1 fully saturated rings. The van der Waals surface area contributed by atoms with Crippen molar-refractivity contribution in [3.05, 3.63) is 24.4 Å². The Labute approximate surface area is 90.5 Å². The highest BCUT2D eigenvalue weighted by Gasteiger charge is 1.99. The van der Waals surface area contributed by atoms with Crippen LogP contribution in [0.2, 0.25) is 0 Å². The second-order valence-electron chi connectivity index (χ2n) is 3.31. The minimum Gasteiger partial charge on any atom is -0.370 e. The number of hydrogen-bond donors (Lipinski definition) is 4. The maximum atomic E-state index is 7.01. The molecule has 5 heteroatoms. The van der Waals surface area contributed by atoms with Crippen molar-refractivity contribution in [1.82, 2.24) is 15.5 Å². The molecule has 2 rings (SSSR count). The van der Waals surface area contributed by atoms with Crippen LogP contribution in [0.25, 0.3) is 0 Å². The minimum atomic E-state index is 0.0931. The van der Waals surface area contributed by atoms with E-state index in [9.17, 15) is 0 Å². The number of nitrogens with two attached hydrogens (primary N) is 1. The van der Waals surface area contributed by atoms with Gasteiger partial charge in [-0.25, -0.2) is 0 Å². The molecule has 0 atom stereocenters. The molecule has 0 radical (unpaired) electrons. The summed E-state index contributed by atoms with van der Waals surface area (Å²) < 4.78 is 0. The molecule has 2 aliphatic heterocycles. The summed E-state index contributed by atoms with van der Waals surface area (Å²) >= 11 is 0. The van der Waals surface area contributed by atoms with E-state index in [0.717, 1.165) is 26.2 Å². The topological polar surface area (TPSA) is 77.2 Å². The number of hydrogen-bond acceptors (Lipinski definition) is 3. The van der Waals surface area contributed by atoms with Gasteiger partial charge in [0.1, 0.15) is 0 Å². The van der Waals surface area contributed by atoms with E-state index in [4.69, 9.17) is 11.1 Å². The summed E-state index contributed by atoms with van der Waals surface area (Å²) in [5, 5.41) is 13.5.